The molecular formula is C22H21FN4O4. The highest BCUT2D eigenvalue weighted by Gasteiger charge is 2.16. The zero-order valence-corrected chi connectivity index (χ0v) is 17.5. The Morgan fingerprint density at radius 1 is 1.19 bits per heavy atom. The van der Waals surface area contributed by atoms with Crippen LogP contribution in [0.3, 0.4) is 0 Å². The summed E-state index contributed by atoms with van der Waals surface area (Å²) in [5.74, 6) is -0.172. The highest BCUT2D eigenvalue weighted by molar-refractivity contribution is 5.91. The summed E-state index contributed by atoms with van der Waals surface area (Å²) < 4.78 is 19.2. The largest absolute Gasteiger partial charge is 0.465 e. The number of nitrogens with zero attached hydrogens (tertiary/aromatic N) is 3. The van der Waals surface area contributed by atoms with Gasteiger partial charge in [-0.05, 0) is 50.1 Å². The molecule has 3 rings (SSSR count). The Labute approximate surface area is 178 Å². The van der Waals surface area contributed by atoms with Crippen LogP contribution in [0.2, 0.25) is 0 Å². The molecular weight excluding hydrogens is 403 g/mol. The number of allylic oxidation sites excluding steroid dienone is 1. The maximum atomic E-state index is 14.4. The van der Waals surface area contributed by atoms with Crippen molar-refractivity contribution in [3.8, 4) is 11.1 Å². The topological polar surface area (TPSA) is 105 Å². The van der Waals surface area contributed by atoms with Crippen molar-refractivity contribution in [2.24, 2.45) is 0 Å². The molecule has 3 aromatic rings. The van der Waals surface area contributed by atoms with Gasteiger partial charge < -0.3 is 9.84 Å². The summed E-state index contributed by atoms with van der Waals surface area (Å²) in [5, 5.41) is 12.2. The highest BCUT2D eigenvalue weighted by Crippen LogP contribution is 2.33. The van der Waals surface area contributed by atoms with E-state index in [2.05, 4.69) is 21.9 Å². The summed E-state index contributed by atoms with van der Waals surface area (Å²) in [6.45, 7) is 8.53. The molecule has 2 heterocycles. The summed E-state index contributed by atoms with van der Waals surface area (Å²) >= 11 is 0. The van der Waals surface area contributed by atoms with Crippen LogP contribution in [0.25, 0.3) is 22.0 Å². The number of fused-ring (bicyclic) bond motifs is 1. The van der Waals surface area contributed by atoms with E-state index in [-0.39, 0.29) is 17.3 Å². The van der Waals surface area contributed by atoms with Crippen LogP contribution in [-0.2, 0) is 4.74 Å². The third-order valence-corrected chi connectivity index (χ3v) is 4.61. The quantitative estimate of drug-likeness (QED) is 0.555. The van der Waals surface area contributed by atoms with Gasteiger partial charge in [-0.15, -0.1) is 0 Å². The van der Waals surface area contributed by atoms with Gasteiger partial charge in [-0.3, -0.25) is 15.2 Å². The lowest BCUT2D eigenvalue weighted by molar-refractivity contribution is 0.192. The van der Waals surface area contributed by atoms with Crippen molar-refractivity contribution < 1.29 is 23.8 Å². The number of carbonyl (C=O) groups is 2. The Morgan fingerprint density at radius 3 is 2.55 bits per heavy atom. The fraction of sp³-hybridized carbons (Fsp3) is 0.182. The summed E-state index contributed by atoms with van der Waals surface area (Å²) in [7, 11) is 1.40. The first-order chi connectivity index (χ1) is 14.6. The van der Waals surface area contributed by atoms with Gasteiger partial charge in [0.15, 0.2) is 0 Å². The van der Waals surface area contributed by atoms with Crippen LogP contribution in [0.4, 0.5) is 25.5 Å². The number of ether oxygens (including phenoxy) is 1. The molecule has 0 fully saturated rings. The number of carboxylic acid groups (broad SMARTS) is 1. The van der Waals surface area contributed by atoms with E-state index < -0.39 is 18.0 Å². The molecule has 160 valence electrons. The van der Waals surface area contributed by atoms with Crippen LogP contribution in [0.5, 0.6) is 0 Å². The van der Waals surface area contributed by atoms with E-state index in [1.807, 2.05) is 6.07 Å². The van der Waals surface area contributed by atoms with Crippen molar-refractivity contribution in [2.75, 3.05) is 17.3 Å². The second-order valence-electron chi connectivity index (χ2n) is 7.06. The Kier molecular flexibility index (Phi) is 5.87. The molecule has 0 saturated heterocycles. The zero-order chi connectivity index (χ0) is 22.9. The number of rotatable bonds is 4. The van der Waals surface area contributed by atoms with Crippen molar-refractivity contribution in [2.45, 2.75) is 20.8 Å². The van der Waals surface area contributed by atoms with Crippen molar-refractivity contribution >= 4 is 34.6 Å². The molecule has 2 aromatic heterocycles. The number of halogens is 1. The molecule has 0 radical (unpaired) electrons. The van der Waals surface area contributed by atoms with E-state index in [4.69, 9.17) is 9.84 Å². The first kappa shape index (κ1) is 21.7. The molecule has 1 aromatic carbocycles. The molecule has 9 heteroatoms. The summed E-state index contributed by atoms with van der Waals surface area (Å²) in [4.78, 5) is 32.8. The Bertz CT molecular complexity index is 1230. The number of anilines is 2. The highest BCUT2D eigenvalue weighted by atomic mass is 19.1. The number of hydrogen-bond acceptors (Lipinski definition) is 5. The minimum Gasteiger partial charge on any atom is -0.465 e. The van der Waals surface area contributed by atoms with E-state index in [0.29, 0.717) is 27.7 Å². The van der Waals surface area contributed by atoms with Gasteiger partial charge in [-0.1, -0.05) is 6.58 Å². The fourth-order valence-electron chi connectivity index (χ4n) is 3.06. The number of aromatic nitrogens is 2. The van der Waals surface area contributed by atoms with Crippen LogP contribution in [0.15, 0.2) is 42.8 Å². The first-order valence-corrected chi connectivity index (χ1v) is 9.25. The molecule has 0 spiro atoms. The number of benzene rings is 1. The number of carbonyl (C=O) groups excluding carboxylic acids is 1. The van der Waals surface area contributed by atoms with E-state index in [0.717, 1.165) is 10.5 Å². The van der Waals surface area contributed by atoms with E-state index >= 15 is 0 Å². The molecule has 0 aliphatic heterocycles. The predicted molar refractivity (Wildman–Crippen MR) is 116 cm³/mol. The number of aryl methyl sites for hydroxylation is 2. The van der Waals surface area contributed by atoms with Gasteiger partial charge in [-0.2, -0.15) is 0 Å². The predicted octanol–water partition coefficient (Wildman–Crippen LogP) is 5.25. The molecule has 2 amide bonds. The average molecular weight is 424 g/mol. The van der Waals surface area contributed by atoms with Crippen LogP contribution in [0, 0.1) is 19.7 Å². The Balaban J connectivity index is 2.06. The summed E-state index contributed by atoms with van der Waals surface area (Å²) in [5.41, 5.74) is 3.22. The average Bonchev–Trinajstić information content (AvgIpc) is 2.68. The lowest BCUT2D eigenvalue weighted by Gasteiger charge is -2.15. The van der Waals surface area contributed by atoms with Gasteiger partial charge in [0.05, 0.1) is 17.0 Å². The third kappa shape index (κ3) is 4.61. The zero-order valence-electron chi connectivity index (χ0n) is 17.5. The maximum Gasteiger partial charge on any atom is 0.416 e. The lowest BCUT2D eigenvalue weighted by atomic mass is 9.97. The second-order valence-corrected chi connectivity index (χ2v) is 7.06. The molecule has 0 aliphatic carbocycles. The van der Waals surface area contributed by atoms with E-state index in [1.54, 1.807) is 19.9 Å². The summed E-state index contributed by atoms with van der Waals surface area (Å²) in [6.07, 6.45) is -0.441. The molecule has 0 atom stereocenters. The molecule has 8 nitrogen and oxygen atoms in total. The van der Waals surface area contributed by atoms with E-state index in [1.165, 1.54) is 32.3 Å². The van der Waals surface area contributed by atoms with Crippen LogP contribution < -0.4 is 10.2 Å². The standard InChI is InChI=1S/C22H21FN4O4/c1-11(2)31-21(28)26-19-8-15(12(3)6-17(19)23)16-7-14-10-24-20(27(5)22(29)30)9-18(14)25-13(16)4/h6-10H,1H2,2-5H3,(H,26,28)(H,29,30). The van der Waals surface area contributed by atoms with Crippen LogP contribution >= 0.6 is 0 Å². The molecule has 0 unspecified atom stereocenters. The summed E-state index contributed by atoms with van der Waals surface area (Å²) in [6, 6.07) is 6.25. The molecule has 0 bridgehead atoms. The number of nitrogens with one attached hydrogen (secondary N) is 1. The number of pyridine rings is 2. The SMILES string of the molecule is C=C(C)OC(=O)Nc1cc(-c2cc3cnc(N(C)C(=O)O)cc3nc2C)c(C)cc1F. The minimum absolute atomic E-state index is 0.0390. The van der Waals surface area contributed by atoms with Crippen molar-refractivity contribution in [1.29, 1.82) is 0 Å². The van der Waals surface area contributed by atoms with Crippen molar-refractivity contribution in [3.05, 3.63) is 59.9 Å². The molecule has 0 saturated carbocycles. The van der Waals surface area contributed by atoms with Gasteiger partial charge in [0.2, 0.25) is 0 Å². The Hall–Kier alpha value is -4.01. The fourth-order valence-corrected chi connectivity index (χ4v) is 3.06. The van der Waals surface area contributed by atoms with Gasteiger partial charge in [-0.25, -0.2) is 19.0 Å². The Morgan fingerprint density at radius 2 is 1.90 bits per heavy atom. The van der Waals surface area contributed by atoms with Gasteiger partial charge >= 0.3 is 12.2 Å². The number of hydrogen-bond donors (Lipinski definition) is 2. The van der Waals surface area contributed by atoms with Gasteiger partial charge in [0, 0.05) is 36.0 Å². The minimum atomic E-state index is -1.13. The number of amides is 2. The second kappa shape index (κ2) is 8.39. The lowest BCUT2D eigenvalue weighted by Crippen LogP contribution is -2.24. The third-order valence-electron chi connectivity index (χ3n) is 4.61. The maximum absolute atomic E-state index is 14.4. The van der Waals surface area contributed by atoms with Crippen LogP contribution in [0.1, 0.15) is 18.2 Å². The van der Waals surface area contributed by atoms with Gasteiger partial charge in [0.1, 0.15) is 11.6 Å². The smallest absolute Gasteiger partial charge is 0.416 e. The first-order valence-electron chi connectivity index (χ1n) is 9.25. The molecule has 31 heavy (non-hydrogen) atoms. The normalized spacial score (nSPS) is 10.6. The monoisotopic (exact) mass is 424 g/mol. The molecule has 2 N–H and O–H groups in total. The van der Waals surface area contributed by atoms with Crippen LogP contribution in [-0.4, -0.2) is 34.3 Å². The van der Waals surface area contributed by atoms with Crippen molar-refractivity contribution in [3.63, 3.8) is 0 Å². The van der Waals surface area contributed by atoms with E-state index in [9.17, 15) is 14.0 Å². The molecule has 0 aliphatic rings. The van der Waals surface area contributed by atoms with Crippen molar-refractivity contribution in [1.82, 2.24) is 9.97 Å². The van der Waals surface area contributed by atoms with Gasteiger partial charge in [0.25, 0.3) is 0 Å².